The Balaban J connectivity index is 1.77. The molecule has 17 heavy (non-hydrogen) atoms. The minimum Gasteiger partial charge on any atom is -0.308 e. The predicted molar refractivity (Wildman–Crippen MR) is 72.0 cm³/mol. The quantitative estimate of drug-likeness (QED) is 0.942. The van der Waals surface area contributed by atoms with Gasteiger partial charge in [0, 0.05) is 23.3 Å². The van der Waals surface area contributed by atoms with Gasteiger partial charge in [-0.25, -0.2) is 4.98 Å². The van der Waals surface area contributed by atoms with Gasteiger partial charge in [0.1, 0.15) is 5.65 Å². The van der Waals surface area contributed by atoms with Crippen LogP contribution in [-0.2, 0) is 6.54 Å². The van der Waals surface area contributed by atoms with Gasteiger partial charge in [0.05, 0.1) is 11.9 Å². The van der Waals surface area contributed by atoms with Gasteiger partial charge in [0.2, 0.25) is 0 Å². The molecule has 1 N–H and O–H groups in total. The molecule has 0 radical (unpaired) electrons. The van der Waals surface area contributed by atoms with Gasteiger partial charge < -0.3 is 9.72 Å². The van der Waals surface area contributed by atoms with Crippen molar-refractivity contribution in [3.8, 4) is 0 Å². The van der Waals surface area contributed by atoms with Crippen molar-refractivity contribution in [3.05, 3.63) is 34.7 Å². The Bertz CT molecular complexity index is 514. The molecule has 3 rings (SSSR count). The Labute approximate surface area is 109 Å². The molecule has 2 aromatic heterocycles. The molecule has 0 bridgehead atoms. The Morgan fingerprint density at radius 1 is 1.35 bits per heavy atom. The molecule has 0 unspecified atom stereocenters. The third kappa shape index (κ3) is 2.38. The molecule has 1 saturated carbocycles. The van der Waals surface area contributed by atoms with Crippen LogP contribution in [0.25, 0.3) is 5.65 Å². The summed E-state index contributed by atoms with van der Waals surface area (Å²) in [5.41, 5.74) is 2.24. The van der Waals surface area contributed by atoms with E-state index in [4.69, 9.17) is 0 Å². The van der Waals surface area contributed by atoms with Crippen LogP contribution in [0.2, 0.25) is 0 Å². The number of hydrogen-bond donors (Lipinski definition) is 1. The first-order valence-electron chi connectivity index (χ1n) is 6.18. The number of nitrogens with zero attached hydrogens (tertiary/aromatic N) is 2. The molecule has 1 aliphatic rings. The number of rotatable bonds is 3. The summed E-state index contributed by atoms with van der Waals surface area (Å²) in [6.07, 6.45) is 9.42. The number of nitrogens with one attached hydrogen (secondary N) is 1. The van der Waals surface area contributed by atoms with E-state index < -0.39 is 0 Å². The second kappa shape index (κ2) is 4.78. The van der Waals surface area contributed by atoms with Gasteiger partial charge in [-0.05, 0) is 40.9 Å². The maximum absolute atomic E-state index is 4.41. The van der Waals surface area contributed by atoms with Gasteiger partial charge in [0.15, 0.2) is 0 Å². The standard InChI is InChI=1S/C13H16BrN3/c14-10-5-6-13-16-8-12(17(13)9-10)7-15-11-3-1-2-4-11/h5-6,8-9,11,15H,1-4,7H2. The first-order valence-corrected chi connectivity index (χ1v) is 6.97. The summed E-state index contributed by atoms with van der Waals surface area (Å²) >= 11 is 3.50. The number of imidazole rings is 1. The topological polar surface area (TPSA) is 29.3 Å². The number of aromatic nitrogens is 2. The molecule has 3 nitrogen and oxygen atoms in total. The number of pyridine rings is 1. The lowest BCUT2D eigenvalue weighted by atomic mass is 10.2. The van der Waals surface area contributed by atoms with Crippen LogP contribution in [0.1, 0.15) is 31.4 Å². The van der Waals surface area contributed by atoms with Crippen molar-refractivity contribution in [1.82, 2.24) is 14.7 Å². The SMILES string of the molecule is Brc1ccc2ncc(CNC3CCCC3)n2c1. The maximum Gasteiger partial charge on any atom is 0.136 e. The Hall–Kier alpha value is -0.870. The van der Waals surface area contributed by atoms with E-state index in [0.717, 1.165) is 16.7 Å². The third-order valence-electron chi connectivity index (χ3n) is 3.47. The Kier molecular flexibility index (Phi) is 3.16. The van der Waals surface area contributed by atoms with E-state index in [0.29, 0.717) is 6.04 Å². The first kappa shape index (κ1) is 11.2. The summed E-state index contributed by atoms with van der Waals surface area (Å²) in [5, 5.41) is 3.62. The van der Waals surface area contributed by atoms with E-state index in [1.165, 1.54) is 31.4 Å². The predicted octanol–water partition coefficient (Wildman–Crippen LogP) is 3.13. The number of halogens is 1. The average Bonchev–Trinajstić information content (AvgIpc) is 2.94. The fourth-order valence-corrected chi connectivity index (χ4v) is 2.85. The molecular formula is C13H16BrN3. The van der Waals surface area contributed by atoms with Gasteiger partial charge in [0.25, 0.3) is 0 Å². The highest BCUT2D eigenvalue weighted by molar-refractivity contribution is 9.10. The fourth-order valence-electron chi connectivity index (χ4n) is 2.51. The van der Waals surface area contributed by atoms with E-state index in [9.17, 15) is 0 Å². The van der Waals surface area contributed by atoms with Gasteiger partial charge in [-0.1, -0.05) is 12.8 Å². The maximum atomic E-state index is 4.41. The minimum absolute atomic E-state index is 0.702. The van der Waals surface area contributed by atoms with Crippen molar-refractivity contribution in [1.29, 1.82) is 0 Å². The molecule has 1 fully saturated rings. The summed E-state index contributed by atoms with van der Waals surface area (Å²) in [5.74, 6) is 0. The third-order valence-corrected chi connectivity index (χ3v) is 3.94. The summed E-state index contributed by atoms with van der Waals surface area (Å²) in [6, 6.07) is 4.76. The second-order valence-corrected chi connectivity index (χ2v) is 5.60. The van der Waals surface area contributed by atoms with Crippen LogP contribution in [0.4, 0.5) is 0 Å². The van der Waals surface area contributed by atoms with Crippen molar-refractivity contribution in [3.63, 3.8) is 0 Å². The first-order chi connectivity index (χ1) is 8.33. The molecule has 1 aliphatic carbocycles. The molecule has 2 aromatic rings. The zero-order valence-corrected chi connectivity index (χ0v) is 11.3. The summed E-state index contributed by atoms with van der Waals surface area (Å²) in [6.45, 7) is 0.905. The summed E-state index contributed by atoms with van der Waals surface area (Å²) in [7, 11) is 0. The number of fused-ring (bicyclic) bond motifs is 1. The molecule has 90 valence electrons. The molecule has 2 heterocycles. The highest BCUT2D eigenvalue weighted by Gasteiger charge is 2.14. The normalized spacial score (nSPS) is 17.0. The molecule has 0 saturated heterocycles. The summed E-state index contributed by atoms with van der Waals surface area (Å²) < 4.78 is 3.23. The van der Waals surface area contributed by atoms with E-state index in [1.54, 1.807) is 0 Å². The van der Waals surface area contributed by atoms with Crippen molar-refractivity contribution >= 4 is 21.6 Å². The van der Waals surface area contributed by atoms with Crippen molar-refractivity contribution in [2.45, 2.75) is 38.3 Å². The highest BCUT2D eigenvalue weighted by Crippen LogP contribution is 2.19. The largest absolute Gasteiger partial charge is 0.308 e. The number of hydrogen-bond acceptors (Lipinski definition) is 2. The smallest absolute Gasteiger partial charge is 0.136 e. The van der Waals surface area contributed by atoms with Crippen LogP contribution in [0.5, 0.6) is 0 Å². The fraction of sp³-hybridized carbons (Fsp3) is 0.462. The molecular weight excluding hydrogens is 278 g/mol. The van der Waals surface area contributed by atoms with Gasteiger partial charge in [-0.15, -0.1) is 0 Å². The van der Waals surface area contributed by atoms with E-state index in [2.05, 4.69) is 36.8 Å². The van der Waals surface area contributed by atoms with E-state index in [-0.39, 0.29) is 0 Å². The molecule has 0 aliphatic heterocycles. The van der Waals surface area contributed by atoms with Crippen LogP contribution in [0.3, 0.4) is 0 Å². The minimum atomic E-state index is 0.702. The van der Waals surface area contributed by atoms with Crippen LogP contribution >= 0.6 is 15.9 Å². The van der Waals surface area contributed by atoms with Crippen LogP contribution < -0.4 is 5.32 Å². The summed E-state index contributed by atoms with van der Waals surface area (Å²) in [4.78, 5) is 4.41. The average molecular weight is 294 g/mol. The Morgan fingerprint density at radius 2 is 2.18 bits per heavy atom. The molecule has 0 aromatic carbocycles. The van der Waals surface area contributed by atoms with E-state index in [1.807, 2.05) is 18.3 Å². The van der Waals surface area contributed by atoms with Crippen molar-refractivity contribution in [2.75, 3.05) is 0 Å². The highest BCUT2D eigenvalue weighted by atomic mass is 79.9. The van der Waals surface area contributed by atoms with Gasteiger partial charge in [-0.3, -0.25) is 0 Å². The lowest BCUT2D eigenvalue weighted by molar-refractivity contribution is 0.518. The monoisotopic (exact) mass is 293 g/mol. The van der Waals surface area contributed by atoms with Crippen molar-refractivity contribution in [2.24, 2.45) is 0 Å². The lowest BCUT2D eigenvalue weighted by Crippen LogP contribution is -2.25. The Morgan fingerprint density at radius 3 is 3.00 bits per heavy atom. The van der Waals surface area contributed by atoms with Crippen LogP contribution in [0, 0.1) is 0 Å². The van der Waals surface area contributed by atoms with E-state index >= 15 is 0 Å². The van der Waals surface area contributed by atoms with Gasteiger partial charge >= 0.3 is 0 Å². The van der Waals surface area contributed by atoms with Gasteiger partial charge in [-0.2, -0.15) is 0 Å². The second-order valence-electron chi connectivity index (χ2n) is 4.69. The van der Waals surface area contributed by atoms with Crippen LogP contribution in [0.15, 0.2) is 29.0 Å². The molecule has 0 amide bonds. The van der Waals surface area contributed by atoms with Crippen LogP contribution in [-0.4, -0.2) is 15.4 Å². The molecule has 4 heteroatoms. The molecule has 0 spiro atoms. The van der Waals surface area contributed by atoms with Crippen molar-refractivity contribution < 1.29 is 0 Å². The molecule has 0 atom stereocenters. The zero-order valence-electron chi connectivity index (χ0n) is 9.69. The lowest BCUT2D eigenvalue weighted by Gasteiger charge is -2.11. The zero-order chi connectivity index (χ0) is 11.7.